The largest absolute Gasteiger partial charge is 0.396 e. The molecule has 0 aromatic rings. The fourth-order valence-corrected chi connectivity index (χ4v) is 3.58. The molecule has 0 aromatic heterocycles. The standard InChI is InChI=1S/C15H28O3/c1-11(17)12(10-16)6-7-13-14(2,3)8-5-9-15(13,4)18/h12-13,16,18H,5-10H2,1-4H3/t12?,13-,15?/m0/s1. The van der Waals surface area contributed by atoms with Crippen molar-refractivity contribution in [2.45, 2.75) is 65.4 Å². The van der Waals surface area contributed by atoms with Crippen LogP contribution in [-0.4, -0.2) is 28.2 Å². The minimum Gasteiger partial charge on any atom is -0.396 e. The van der Waals surface area contributed by atoms with E-state index in [9.17, 15) is 15.0 Å². The lowest BCUT2D eigenvalue weighted by Gasteiger charge is -2.48. The second kappa shape index (κ2) is 5.70. The monoisotopic (exact) mass is 256 g/mol. The Labute approximate surface area is 111 Å². The van der Waals surface area contributed by atoms with Crippen LogP contribution in [-0.2, 0) is 4.79 Å². The van der Waals surface area contributed by atoms with E-state index >= 15 is 0 Å². The van der Waals surface area contributed by atoms with E-state index in [2.05, 4.69) is 13.8 Å². The third kappa shape index (κ3) is 3.55. The summed E-state index contributed by atoms with van der Waals surface area (Å²) in [5, 5.41) is 19.7. The summed E-state index contributed by atoms with van der Waals surface area (Å²) in [4.78, 5) is 11.3. The van der Waals surface area contributed by atoms with Crippen molar-refractivity contribution in [3.63, 3.8) is 0 Å². The zero-order valence-electron chi connectivity index (χ0n) is 12.2. The van der Waals surface area contributed by atoms with Crippen molar-refractivity contribution >= 4 is 5.78 Å². The van der Waals surface area contributed by atoms with Crippen LogP contribution in [0.1, 0.15) is 59.8 Å². The number of aliphatic hydroxyl groups is 2. The quantitative estimate of drug-likeness (QED) is 0.794. The molecule has 106 valence electrons. The molecule has 1 aliphatic carbocycles. The van der Waals surface area contributed by atoms with Crippen molar-refractivity contribution < 1.29 is 15.0 Å². The molecular formula is C15H28O3. The van der Waals surface area contributed by atoms with E-state index in [1.165, 1.54) is 6.92 Å². The average Bonchev–Trinajstić information content (AvgIpc) is 2.20. The normalized spacial score (nSPS) is 33.1. The van der Waals surface area contributed by atoms with Crippen LogP contribution < -0.4 is 0 Å². The zero-order valence-corrected chi connectivity index (χ0v) is 12.2. The number of aliphatic hydroxyl groups excluding tert-OH is 1. The number of hydrogen-bond donors (Lipinski definition) is 2. The maximum absolute atomic E-state index is 11.3. The molecule has 3 heteroatoms. The van der Waals surface area contributed by atoms with E-state index in [1.54, 1.807) is 0 Å². The Hall–Kier alpha value is -0.410. The topological polar surface area (TPSA) is 57.5 Å². The predicted octanol–water partition coefficient (Wildman–Crippen LogP) is 2.54. The first-order chi connectivity index (χ1) is 8.20. The van der Waals surface area contributed by atoms with Crippen LogP contribution in [0.25, 0.3) is 0 Å². The van der Waals surface area contributed by atoms with Crippen LogP contribution in [0.3, 0.4) is 0 Å². The lowest BCUT2D eigenvalue weighted by molar-refractivity contribution is -0.124. The molecule has 2 N–H and O–H groups in total. The van der Waals surface area contributed by atoms with Crippen molar-refractivity contribution in [3.05, 3.63) is 0 Å². The Morgan fingerprint density at radius 1 is 1.33 bits per heavy atom. The van der Waals surface area contributed by atoms with Gasteiger partial charge in [-0.15, -0.1) is 0 Å². The summed E-state index contributed by atoms with van der Waals surface area (Å²) >= 11 is 0. The molecule has 0 bridgehead atoms. The predicted molar refractivity (Wildman–Crippen MR) is 72.2 cm³/mol. The van der Waals surface area contributed by atoms with E-state index in [-0.39, 0.29) is 29.6 Å². The highest BCUT2D eigenvalue weighted by Gasteiger charge is 2.45. The van der Waals surface area contributed by atoms with Gasteiger partial charge in [0.1, 0.15) is 5.78 Å². The molecule has 2 unspecified atom stereocenters. The van der Waals surface area contributed by atoms with Gasteiger partial charge in [-0.3, -0.25) is 4.79 Å². The van der Waals surface area contributed by atoms with Crippen LogP contribution in [0.2, 0.25) is 0 Å². The molecule has 3 nitrogen and oxygen atoms in total. The first-order valence-corrected chi connectivity index (χ1v) is 7.04. The van der Waals surface area contributed by atoms with Gasteiger partial charge in [0.15, 0.2) is 0 Å². The van der Waals surface area contributed by atoms with Crippen molar-refractivity contribution in [3.8, 4) is 0 Å². The molecule has 0 aliphatic heterocycles. The lowest BCUT2D eigenvalue weighted by atomic mass is 9.60. The molecular weight excluding hydrogens is 228 g/mol. The van der Waals surface area contributed by atoms with Crippen molar-refractivity contribution in [2.24, 2.45) is 17.3 Å². The van der Waals surface area contributed by atoms with Gasteiger partial charge in [0.2, 0.25) is 0 Å². The molecule has 0 heterocycles. The van der Waals surface area contributed by atoms with Gasteiger partial charge in [-0.1, -0.05) is 20.3 Å². The Balaban J connectivity index is 2.70. The molecule has 1 rings (SSSR count). The fraction of sp³-hybridized carbons (Fsp3) is 0.933. The summed E-state index contributed by atoms with van der Waals surface area (Å²) in [5.41, 5.74) is -0.531. The van der Waals surface area contributed by atoms with Gasteiger partial charge < -0.3 is 10.2 Å². The minimum absolute atomic E-state index is 0.0470. The molecule has 3 atom stereocenters. The van der Waals surface area contributed by atoms with Gasteiger partial charge >= 0.3 is 0 Å². The summed E-state index contributed by atoms with van der Waals surface area (Å²) in [5.74, 6) is -0.0172. The van der Waals surface area contributed by atoms with Crippen LogP contribution in [0.15, 0.2) is 0 Å². The minimum atomic E-state index is -0.640. The highest BCUT2D eigenvalue weighted by Crippen LogP contribution is 2.48. The van der Waals surface area contributed by atoms with Gasteiger partial charge in [0.25, 0.3) is 0 Å². The Morgan fingerprint density at radius 3 is 2.39 bits per heavy atom. The highest BCUT2D eigenvalue weighted by atomic mass is 16.3. The Kier molecular flexibility index (Phi) is 4.96. The van der Waals surface area contributed by atoms with Crippen molar-refractivity contribution in [1.82, 2.24) is 0 Å². The third-order valence-corrected chi connectivity index (χ3v) is 4.80. The molecule has 0 aromatic carbocycles. The number of carbonyl (C=O) groups is 1. The zero-order chi connectivity index (χ0) is 14.0. The first kappa shape index (κ1) is 15.6. The smallest absolute Gasteiger partial charge is 0.135 e. The average molecular weight is 256 g/mol. The van der Waals surface area contributed by atoms with E-state index in [1.807, 2.05) is 6.92 Å². The molecule has 1 aliphatic rings. The van der Waals surface area contributed by atoms with Gasteiger partial charge in [-0.05, 0) is 50.9 Å². The number of rotatable bonds is 5. The van der Waals surface area contributed by atoms with Gasteiger partial charge in [-0.25, -0.2) is 0 Å². The van der Waals surface area contributed by atoms with Gasteiger partial charge in [0, 0.05) is 5.92 Å². The Bertz CT molecular complexity index is 278. The van der Waals surface area contributed by atoms with E-state index in [4.69, 9.17) is 0 Å². The van der Waals surface area contributed by atoms with Crippen LogP contribution in [0, 0.1) is 17.3 Å². The van der Waals surface area contributed by atoms with E-state index < -0.39 is 5.60 Å². The number of ketones is 1. The number of hydrogen-bond acceptors (Lipinski definition) is 3. The molecule has 1 saturated carbocycles. The maximum atomic E-state index is 11.3. The first-order valence-electron chi connectivity index (χ1n) is 7.04. The molecule has 1 fully saturated rings. The number of carbonyl (C=O) groups excluding carboxylic acids is 1. The molecule has 0 saturated heterocycles. The van der Waals surface area contributed by atoms with Crippen molar-refractivity contribution in [2.75, 3.05) is 6.61 Å². The van der Waals surface area contributed by atoms with Gasteiger partial charge in [-0.2, -0.15) is 0 Å². The molecule has 0 amide bonds. The third-order valence-electron chi connectivity index (χ3n) is 4.80. The molecule has 18 heavy (non-hydrogen) atoms. The van der Waals surface area contributed by atoms with Crippen LogP contribution in [0.4, 0.5) is 0 Å². The number of Topliss-reactive ketones (excluding diaryl/α,β-unsaturated/α-hetero) is 1. The molecule has 0 radical (unpaired) electrons. The van der Waals surface area contributed by atoms with Crippen LogP contribution >= 0.6 is 0 Å². The fourth-order valence-electron chi connectivity index (χ4n) is 3.58. The van der Waals surface area contributed by atoms with Gasteiger partial charge in [0.05, 0.1) is 12.2 Å². The second-order valence-electron chi connectivity index (χ2n) is 6.82. The van der Waals surface area contributed by atoms with Crippen LogP contribution in [0.5, 0.6) is 0 Å². The summed E-state index contributed by atoms with van der Waals surface area (Å²) in [6.45, 7) is 7.77. The summed E-state index contributed by atoms with van der Waals surface area (Å²) in [7, 11) is 0. The summed E-state index contributed by atoms with van der Waals surface area (Å²) in [6, 6.07) is 0. The van der Waals surface area contributed by atoms with E-state index in [0.717, 1.165) is 25.7 Å². The Morgan fingerprint density at radius 2 is 1.94 bits per heavy atom. The van der Waals surface area contributed by atoms with E-state index in [0.29, 0.717) is 6.42 Å². The highest BCUT2D eigenvalue weighted by molar-refractivity contribution is 5.78. The second-order valence-corrected chi connectivity index (χ2v) is 6.82. The van der Waals surface area contributed by atoms with Crippen molar-refractivity contribution in [1.29, 1.82) is 0 Å². The summed E-state index contributed by atoms with van der Waals surface area (Å²) < 4.78 is 0. The maximum Gasteiger partial charge on any atom is 0.135 e. The summed E-state index contributed by atoms with van der Waals surface area (Å²) in [6.07, 6.45) is 4.51. The SMILES string of the molecule is CC(=O)C(CO)CC[C@H]1C(C)(C)CCCC1(C)O. The lowest BCUT2D eigenvalue weighted by Crippen LogP contribution is -2.47. The molecule has 0 spiro atoms.